The fourth-order valence-corrected chi connectivity index (χ4v) is 3.23. The van der Waals surface area contributed by atoms with E-state index in [9.17, 15) is 14.9 Å². The molecule has 10 heteroatoms. The summed E-state index contributed by atoms with van der Waals surface area (Å²) in [5, 5.41) is 19.8. The summed E-state index contributed by atoms with van der Waals surface area (Å²) in [7, 11) is 3.00. The lowest BCUT2D eigenvalue weighted by molar-refractivity contribution is -0.384. The number of rotatable bonds is 5. The Hall–Kier alpha value is -3.14. The summed E-state index contributed by atoms with van der Waals surface area (Å²) in [4.78, 5) is 22.9. The van der Waals surface area contributed by atoms with Gasteiger partial charge in [-0.2, -0.15) is 0 Å². The summed E-state index contributed by atoms with van der Waals surface area (Å²) in [6, 6.07) is 5.80. The third-order valence-electron chi connectivity index (χ3n) is 3.72. The number of nitrogens with zero attached hydrogens (tertiary/aromatic N) is 4. The molecule has 2 heterocycles. The van der Waals surface area contributed by atoms with Crippen LogP contribution in [-0.4, -0.2) is 32.8 Å². The lowest BCUT2D eigenvalue weighted by Crippen LogP contribution is -2.05. The lowest BCUT2D eigenvalue weighted by Gasteiger charge is -2.07. The summed E-state index contributed by atoms with van der Waals surface area (Å²) in [5.41, 5.74) is 0.710. The number of nitro groups is 1. The van der Waals surface area contributed by atoms with Gasteiger partial charge in [0.25, 0.3) is 5.69 Å². The minimum atomic E-state index is -0.663. The molecule has 0 bridgehead atoms. The van der Waals surface area contributed by atoms with E-state index >= 15 is 0 Å². The second-order valence-electron chi connectivity index (χ2n) is 5.29. The number of carbonyl (C=O) groups excluding carboxylic acids is 1. The molecular weight excluding hydrogens is 360 g/mol. The molecule has 3 aromatic rings. The lowest BCUT2D eigenvalue weighted by atomic mass is 10.2. The third kappa shape index (κ3) is 3.18. The van der Waals surface area contributed by atoms with Crippen LogP contribution in [0.1, 0.15) is 16.1 Å². The number of benzene rings is 1. The van der Waals surface area contributed by atoms with E-state index in [0.717, 1.165) is 17.3 Å². The predicted octanol–water partition coefficient (Wildman–Crippen LogP) is 3.23. The molecule has 134 valence electrons. The van der Waals surface area contributed by atoms with Gasteiger partial charge in [0.2, 0.25) is 0 Å². The summed E-state index contributed by atoms with van der Waals surface area (Å²) < 4.78 is 11.8. The molecule has 0 saturated carbocycles. The van der Waals surface area contributed by atoms with E-state index in [-0.39, 0.29) is 11.3 Å². The molecule has 3 rings (SSSR count). The van der Waals surface area contributed by atoms with Crippen LogP contribution in [0.5, 0.6) is 0 Å². The van der Waals surface area contributed by atoms with Crippen LogP contribution in [0, 0.1) is 17.0 Å². The highest BCUT2D eigenvalue weighted by atomic mass is 32.2. The number of furan rings is 1. The van der Waals surface area contributed by atoms with E-state index in [1.807, 2.05) is 6.92 Å². The van der Waals surface area contributed by atoms with Gasteiger partial charge in [0.1, 0.15) is 5.76 Å². The van der Waals surface area contributed by atoms with E-state index in [0.29, 0.717) is 21.6 Å². The summed E-state index contributed by atoms with van der Waals surface area (Å²) in [6.07, 6.45) is 1.57. The Kier molecular flexibility index (Phi) is 4.76. The van der Waals surface area contributed by atoms with Gasteiger partial charge in [0.05, 0.1) is 29.4 Å². The first kappa shape index (κ1) is 17.7. The Morgan fingerprint density at radius 3 is 2.73 bits per heavy atom. The first-order valence-electron chi connectivity index (χ1n) is 7.41. The van der Waals surface area contributed by atoms with Gasteiger partial charge in [0.15, 0.2) is 11.0 Å². The smallest absolute Gasteiger partial charge is 0.339 e. The van der Waals surface area contributed by atoms with Gasteiger partial charge in [-0.1, -0.05) is 0 Å². The van der Waals surface area contributed by atoms with Gasteiger partial charge in [-0.15, -0.1) is 10.2 Å². The number of aromatic nitrogens is 3. The monoisotopic (exact) mass is 374 g/mol. The summed E-state index contributed by atoms with van der Waals surface area (Å²) in [5.74, 6) is 0.659. The molecule has 0 spiro atoms. The summed E-state index contributed by atoms with van der Waals surface area (Å²) >= 11 is 1.16. The zero-order chi connectivity index (χ0) is 18.8. The minimum absolute atomic E-state index is 0.0933. The van der Waals surface area contributed by atoms with Gasteiger partial charge in [-0.25, -0.2) is 4.79 Å². The van der Waals surface area contributed by atoms with E-state index in [4.69, 9.17) is 9.15 Å². The molecule has 2 aromatic heterocycles. The van der Waals surface area contributed by atoms with Crippen molar-refractivity contribution in [3.8, 4) is 11.4 Å². The van der Waals surface area contributed by atoms with Gasteiger partial charge in [-0.3, -0.25) is 10.1 Å². The fraction of sp³-hybridized carbons (Fsp3) is 0.188. The standard InChI is InChI=1S/C16H14N4O5S/c1-9-11(6-7-25-9)14-17-18-16(19(14)2)26-13-5-4-10(20(22)23)8-12(13)15(21)24-3/h4-8H,1-3H3. The SMILES string of the molecule is COC(=O)c1cc([N+](=O)[O-])ccc1Sc1nnc(-c2ccoc2C)n1C. The van der Waals surface area contributed by atoms with Crippen LogP contribution in [-0.2, 0) is 11.8 Å². The molecule has 0 N–H and O–H groups in total. The van der Waals surface area contributed by atoms with Crippen molar-refractivity contribution in [2.45, 2.75) is 17.0 Å². The van der Waals surface area contributed by atoms with Crippen molar-refractivity contribution in [1.29, 1.82) is 0 Å². The van der Waals surface area contributed by atoms with E-state index in [1.165, 1.54) is 25.3 Å². The molecule has 0 saturated heterocycles. The second kappa shape index (κ2) is 7.00. The van der Waals surface area contributed by atoms with E-state index in [1.54, 1.807) is 23.9 Å². The van der Waals surface area contributed by atoms with Crippen molar-refractivity contribution < 1.29 is 18.9 Å². The molecule has 0 atom stereocenters. The van der Waals surface area contributed by atoms with E-state index < -0.39 is 10.9 Å². The molecule has 0 unspecified atom stereocenters. The van der Waals surface area contributed by atoms with E-state index in [2.05, 4.69) is 10.2 Å². The van der Waals surface area contributed by atoms with Crippen LogP contribution in [0.15, 0.2) is 45.0 Å². The molecular formula is C16H14N4O5S. The highest BCUT2D eigenvalue weighted by Crippen LogP contribution is 2.34. The summed E-state index contributed by atoms with van der Waals surface area (Å²) in [6.45, 7) is 1.82. The van der Waals surface area contributed by atoms with Crippen LogP contribution in [0.3, 0.4) is 0 Å². The topological polar surface area (TPSA) is 113 Å². The molecule has 9 nitrogen and oxygen atoms in total. The average Bonchev–Trinajstić information content (AvgIpc) is 3.20. The van der Waals surface area contributed by atoms with Crippen LogP contribution in [0.4, 0.5) is 5.69 Å². The second-order valence-corrected chi connectivity index (χ2v) is 6.30. The number of aryl methyl sites for hydroxylation is 1. The number of ether oxygens (including phenoxy) is 1. The Morgan fingerprint density at radius 2 is 2.12 bits per heavy atom. The Morgan fingerprint density at radius 1 is 1.35 bits per heavy atom. The number of carbonyl (C=O) groups is 1. The van der Waals surface area contributed by atoms with Gasteiger partial charge >= 0.3 is 5.97 Å². The molecule has 1 aromatic carbocycles. The van der Waals surface area contributed by atoms with Crippen molar-refractivity contribution in [3.63, 3.8) is 0 Å². The third-order valence-corrected chi connectivity index (χ3v) is 4.83. The molecule has 0 radical (unpaired) electrons. The molecule has 26 heavy (non-hydrogen) atoms. The normalized spacial score (nSPS) is 10.7. The Labute approximate surface area is 152 Å². The fourth-order valence-electron chi connectivity index (χ4n) is 2.34. The first-order valence-corrected chi connectivity index (χ1v) is 8.22. The maximum atomic E-state index is 12.0. The zero-order valence-electron chi connectivity index (χ0n) is 14.1. The van der Waals surface area contributed by atoms with Crippen molar-refractivity contribution in [1.82, 2.24) is 14.8 Å². The quantitative estimate of drug-likeness (QED) is 0.380. The number of esters is 1. The highest BCUT2D eigenvalue weighted by Gasteiger charge is 2.21. The molecule has 0 amide bonds. The number of nitro benzene ring substituents is 1. The maximum Gasteiger partial charge on any atom is 0.339 e. The largest absolute Gasteiger partial charge is 0.469 e. The predicted molar refractivity (Wildman–Crippen MR) is 92.0 cm³/mol. The van der Waals surface area contributed by atoms with Crippen LogP contribution >= 0.6 is 11.8 Å². The minimum Gasteiger partial charge on any atom is -0.469 e. The van der Waals surface area contributed by atoms with Gasteiger partial charge < -0.3 is 13.7 Å². The Balaban J connectivity index is 1.99. The van der Waals surface area contributed by atoms with Crippen molar-refractivity contribution in [3.05, 3.63) is 52.0 Å². The number of hydrogen-bond acceptors (Lipinski definition) is 8. The molecule has 0 aliphatic rings. The van der Waals surface area contributed by atoms with Crippen LogP contribution in [0.25, 0.3) is 11.4 Å². The van der Waals surface area contributed by atoms with Gasteiger partial charge in [-0.05, 0) is 30.8 Å². The maximum absolute atomic E-state index is 12.0. The first-order chi connectivity index (χ1) is 12.4. The Bertz CT molecular complexity index is 994. The van der Waals surface area contributed by atoms with Gasteiger partial charge in [0, 0.05) is 24.1 Å². The number of methoxy groups -OCH3 is 1. The molecule has 0 aliphatic heterocycles. The molecule has 0 aliphatic carbocycles. The molecule has 0 fully saturated rings. The van der Waals surface area contributed by atoms with Crippen LogP contribution < -0.4 is 0 Å². The van der Waals surface area contributed by atoms with Crippen molar-refractivity contribution in [2.24, 2.45) is 7.05 Å². The van der Waals surface area contributed by atoms with Crippen LogP contribution in [0.2, 0.25) is 0 Å². The zero-order valence-corrected chi connectivity index (χ0v) is 14.9. The average molecular weight is 374 g/mol. The van der Waals surface area contributed by atoms with Crippen molar-refractivity contribution in [2.75, 3.05) is 7.11 Å². The number of non-ortho nitro benzene ring substituents is 1. The van der Waals surface area contributed by atoms with Crippen molar-refractivity contribution >= 4 is 23.4 Å². The number of hydrogen-bond donors (Lipinski definition) is 0. The highest BCUT2D eigenvalue weighted by molar-refractivity contribution is 7.99.